The zero-order valence-corrected chi connectivity index (χ0v) is 19.5. The zero-order valence-electron chi connectivity index (χ0n) is 17.9. The molecule has 8 nitrogen and oxygen atoms in total. The maximum atomic E-state index is 12.4. The summed E-state index contributed by atoms with van der Waals surface area (Å²) in [5, 5.41) is 24.2. The molecule has 4 aromatic rings. The third-order valence-corrected chi connectivity index (χ3v) is 5.69. The molecule has 0 unspecified atom stereocenters. The Morgan fingerprint density at radius 2 is 1.66 bits per heavy atom. The Bertz CT molecular complexity index is 1390. The molecule has 0 radical (unpaired) electrons. The maximum absolute atomic E-state index is 12.4. The highest BCUT2D eigenvalue weighted by Gasteiger charge is 2.14. The number of halogens is 2. The van der Waals surface area contributed by atoms with Gasteiger partial charge in [0, 0.05) is 23.9 Å². The Morgan fingerprint density at radius 3 is 2.29 bits per heavy atom. The lowest BCUT2D eigenvalue weighted by Gasteiger charge is -2.08. The molecule has 35 heavy (non-hydrogen) atoms. The number of hydrogen-bond acceptors (Lipinski definition) is 6. The summed E-state index contributed by atoms with van der Waals surface area (Å²) in [5.74, 6) is 0.376. The van der Waals surface area contributed by atoms with E-state index in [9.17, 15) is 20.0 Å². The SMILES string of the molecule is O=C(Cc1ccc(Oc2ccc([N+](=O)[O-])c(O)c2)cc1)Nc1ccc(-c2ccc(Cl)c(Cl)c2)cn1. The lowest BCUT2D eigenvalue weighted by Crippen LogP contribution is -2.15. The Labute approximate surface area is 209 Å². The normalized spacial score (nSPS) is 10.6. The predicted octanol–water partition coefficient (Wildman–Crippen LogP) is 6.64. The van der Waals surface area contributed by atoms with E-state index < -0.39 is 16.4 Å². The summed E-state index contributed by atoms with van der Waals surface area (Å²) >= 11 is 12.0. The number of benzene rings is 3. The van der Waals surface area contributed by atoms with Gasteiger partial charge in [-0.15, -0.1) is 0 Å². The summed E-state index contributed by atoms with van der Waals surface area (Å²) in [4.78, 5) is 26.8. The largest absolute Gasteiger partial charge is 0.502 e. The number of phenolic OH excluding ortho intramolecular Hbond substituents is 1. The highest BCUT2D eigenvalue weighted by Crippen LogP contribution is 2.32. The molecule has 0 aliphatic heterocycles. The van der Waals surface area contributed by atoms with E-state index >= 15 is 0 Å². The van der Waals surface area contributed by atoms with Crippen molar-refractivity contribution in [3.63, 3.8) is 0 Å². The second kappa shape index (κ2) is 10.4. The average Bonchev–Trinajstić information content (AvgIpc) is 2.82. The first-order chi connectivity index (χ1) is 16.8. The highest BCUT2D eigenvalue weighted by molar-refractivity contribution is 6.42. The van der Waals surface area contributed by atoms with Gasteiger partial charge in [0.15, 0.2) is 5.75 Å². The van der Waals surface area contributed by atoms with E-state index in [2.05, 4.69) is 10.3 Å². The Hall–Kier alpha value is -4.14. The molecule has 176 valence electrons. The van der Waals surface area contributed by atoms with Gasteiger partial charge in [-0.25, -0.2) is 4.98 Å². The van der Waals surface area contributed by atoms with E-state index in [1.54, 1.807) is 48.7 Å². The van der Waals surface area contributed by atoms with E-state index in [1.807, 2.05) is 12.1 Å². The molecule has 2 N–H and O–H groups in total. The smallest absolute Gasteiger partial charge is 0.310 e. The first-order valence-electron chi connectivity index (χ1n) is 10.2. The third kappa shape index (κ3) is 6.06. The fourth-order valence-electron chi connectivity index (χ4n) is 3.22. The van der Waals surface area contributed by atoms with E-state index in [4.69, 9.17) is 27.9 Å². The summed E-state index contributed by atoms with van der Waals surface area (Å²) in [7, 11) is 0. The van der Waals surface area contributed by atoms with Crippen LogP contribution in [0, 0.1) is 10.1 Å². The molecular weight excluding hydrogens is 493 g/mol. The number of amides is 1. The van der Waals surface area contributed by atoms with Crippen molar-refractivity contribution in [3.05, 3.63) is 105 Å². The van der Waals surface area contributed by atoms with Crippen LogP contribution in [0.25, 0.3) is 11.1 Å². The van der Waals surface area contributed by atoms with E-state index in [0.717, 1.165) is 22.8 Å². The van der Waals surface area contributed by atoms with Crippen LogP contribution in [-0.2, 0) is 11.2 Å². The molecular formula is C25H17Cl2N3O5. The molecule has 10 heteroatoms. The van der Waals surface area contributed by atoms with Gasteiger partial charge in [-0.05, 0) is 53.6 Å². The molecule has 1 heterocycles. The molecule has 0 saturated heterocycles. The van der Waals surface area contributed by atoms with Gasteiger partial charge in [0.1, 0.15) is 17.3 Å². The molecule has 0 bridgehead atoms. The molecule has 0 aliphatic carbocycles. The Morgan fingerprint density at radius 1 is 0.943 bits per heavy atom. The summed E-state index contributed by atoms with van der Waals surface area (Å²) in [6, 6.07) is 19.3. The molecule has 0 atom stereocenters. The number of ether oxygens (including phenoxy) is 1. The number of aromatic nitrogens is 1. The fourth-order valence-corrected chi connectivity index (χ4v) is 3.52. The van der Waals surface area contributed by atoms with Gasteiger partial charge in [0.2, 0.25) is 5.91 Å². The van der Waals surface area contributed by atoms with Crippen molar-refractivity contribution in [2.45, 2.75) is 6.42 Å². The summed E-state index contributed by atoms with van der Waals surface area (Å²) in [5.41, 5.74) is 2.03. The Balaban J connectivity index is 1.34. The first-order valence-corrected chi connectivity index (χ1v) is 11.0. The molecule has 3 aromatic carbocycles. The number of rotatable bonds is 7. The van der Waals surface area contributed by atoms with E-state index in [0.29, 0.717) is 21.6 Å². The van der Waals surface area contributed by atoms with Gasteiger partial charge in [0.25, 0.3) is 0 Å². The minimum Gasteiger partial charge on any atom is -0.502 e. The molecule has 1 aromatic heterocycles. The predicted molar refractivity (Wildman–Crippen MR) is 133 cm³/mol. The maximum Gasteiger partial charge on any atom is 0.310 e. The van der Waals surface area contributed by atoms with Crippen LogP contribution in [0.1, 0.15) is 5.56 Å². The number of carbonyl (C=O) groups excluding carboxylic acids is 1. The lowest BCUT2D eigenvalue weighted by molar-refractivity contribution is -0.385. The number of hydrogen-bond donors (Lipinski definition) is 2. The molecule has 0 spiro atoms. The zero-order chi connectivity index (χ0) is 24.9. The second-order valence-electron chi connectivity index (χ2n) is 7.44. The number of aromatic hydroxyl groups is 1. The van der Waals surface area contributed by atoms with Crippen LogP contribution >= 0.6 is 23.2 Å². The van der Waals surface area contributed by atoms with Gasteiger partial charge in [0.05, 0.1) is 21.4 Å². The number of nitro groups is 1. The average molecular weight is 510 g/mol. The van der Waals surface area contributed by atoms with Crippen LogP contribution in [-0.4, -0.2) is 20.9 Å². The van der Waals surface area contributed by atoms with Crippen molar-refractivity contribution in [1.29, 1.82) is 0 Å². The van der Waals surface area contributed by atoms with E-state index in [1.165, 1.54) is 12.1 Å². The molecule has 1 amide bonds. The van der Waals surface area contributed by atoms with Gasteiger partial charge < -0.3 is 15.2 Å². The molecule has 4 rings (SSSR count). The van der Waals surface area contributed by atoms with Crippen LogP contribution < -0.4 is 10.1 Å². The van der Waals surface area contributed by atoms with Crippen molar-refractivity contribution in [2.75, 3.05) is 5.32 Å². The van der Waals surface area contributed by atoms with Crippen molar-refractivity contribution >= 4 is 40.6 Å². The van der Waals surface area contributed by atoms with Crippen LogP contribution in [0.2, 0.25) is 10.0 Å². The quantitative estimate of drug-likeness (QED) is 0.213. The second-order valence-corrected chi connectivity index (χ2v) is 8.25. The lowest BCUT2D eigenvalue weighted by atomic mass is 10.1. The van der Waals surface area contributed by atoms with Crippen LogP contribution in [0.3, 0.4) is 0 Å². The highest BCUT2D eigenvalue weighted by atomic mass is 35.5. The number of nitrogens with one attached hydrogen (secondary N) is 1. The third-order valence-electron chi connectivity index (χ3n) is 4.95. The number of pyridine rings is 1. The van der Waals surface area contributed by atoms with Crippen molar-refractivity contribution in [2.24, 2.45) is 0 Å². The van der Waals surface area contributed by atoms with Gasteiger partial charge in [-0.3, -0.25) is 14.9 Å². The van der Waals surface area contributed by atoms with Gasteiger partial charge in [-0.2, -0.15) is 0 Å². The standard InChI is InChI=1S/C25H17Cl2N3O5/c26-20-8-3-16(12-21(20)27)17-4-10-24(28-14-17)29-25(32)11-15-1-5-18(6-2-15)35-19-7-9-22(30(33)34)23(31)13-19/h1-10,12-14,31H,11H2,(H,28,29,32). The summed E-state index contributed by atoms with van der Waals surface area (Å²) in [6.07, 6.45) is 1.76. The number of anilines is 1. The van der Waals surface area contributed by atoms with E-state index in [-0.39, 0.29) is 18.1 Å². The number of nitrogens with zero attached hydrogens (tertiary/aromatic N) is 2. The number of carbonyl (C=O) groups is 1. The van der Waals surface area contributed by atoms with Crippen LogP contribution in [0.4, 0.5) is 11.5 Å². The van der Waals surface area contributed by atoms with Crippen LogP contribution in [0.5, 0.6) is 17.2 Å². The number of phenols is 1. The van der Waals surface area contributed by atoms with Crippen molar-refractivity contribution in [1.82, 2.24) is 4.98 Å². The van der Waals surface area contributed by atoms with Crippen LogP contribution in [0.15, 0.2) is 79.0 Å². The monoisotopic (exact) mass is 509 g/mol. The van der Waals surface area contributed by atoms with Crippen molar-refractivity contribution in [3.8, 4) is 28.4 Å². The molecule has 0 aliphatic rings. The summed E-state index contributed by atoms with van der Waals surface area (Å²) < 4.78 is 5.60. The number of nitro benzene ring substituents is 1. The topological polar surface area (TPSA) is 115 Å². The first kappa shape index (κ1) is 24.0. The molecule has 0 fully saturated rings. The Kier molecular flexibility index (Phi) is 7.14. The molecule has 0 saturated carbocycles. The van der Waals surface area contributed by atoms with Crippen molar-refractivity contribution < 1.29 is 19.6 Å². The minimum absolute atomic E-state index is 0.120. The van der Waals surface area contributed by atoms with Gasteiger partial charge >= 0.3 is 5.69 Å². The fraction of sp³-hybridized carbons (Fsp3) is 0.0400. The summed E-state index contributed by atoms with van der Waals surface area (Å²) in [6.45, 7) is 0. The van der Waals surface area contributed by atoms with Gasteiger partial charge in [-0.1, -0.05) is 41.4 Å². The minimum atomic E-state index is -0.682.